The van der Waals surface area contributed by atoms with Crippen LogP contribution in [0.2, 0.25) is 0 Å². The van der Waals surface area contributed by atoms with Gasteiger partial charge in [-0.3, -0.25) is 4.79 Å². The Morgan fingerprint density at radius 1 is 1.15 bits per heavy atom. The molecule has 0 aliphatic rings. The minimum Gasteiger partial charge on any atom is -0.366 e. The Morgan fingerprint density at radius 3 is 2.80 bits per heavy atom. The van der Waals surface area contributed by atoms with E-state index in [1.807, 2.05) is 12.1 Å². The van der Waals surface area contributed by atoms with Gasteiger partial charge in [0.15, 0.2) is 5.82 Å². The highest BCUT2D eigenvalue weighted by Crippen LogP contribution is 2.19. The lowest BCUT2D eigenvalue weighted by Crippen LogP contribution is -2.10. The highest BCUT2D eigenvalue weighted by Gasteiger charge is 2.06. The number of rotatable bonds is 3. The fraction of sp³-hybridized carbons (Fsp3) is 0. The van der Waals surface area contributed by atoms with Crippen molar-refractivity contribution in [2.24, 2.45) is 5.73 Å². The van der Waals surface area contributed by atoms with Crippen LogP contribution in [0.15, 0.2) is 55.1 Å². The van der Waals surface area contributed by atoms with E-state index in [-0.39, 0.29) is 0 Å². The molecule has 0 atom stereocenters. The molecule has 0 aliphatic carbocycles. The summed E-state index contributed by atoms with van der Waals surface area (Å²) in [6, 6.07) is 10.6. The lowest BCUT2D eigenvalue weighted by atomic mass is 10.1. The third-order valence-corrected chi connectivity index (χ3v) is 2.83. The first-order valence-electron chi connectivity index (χ1n) is 5.96. The number of nitrogens with zero attached hydrogens (tertiary/aromatic N) is 4. The van der Waals surface area contributed by atoms with Crippen molar-refractivity contribution in [3.8, 4) is 17.1 Å². The van der Waals surface area contributed by atoms with E-state index in [1.54, 1.807) is 41.3 Å². The number of hydrogen-bond donors (Lipinski definition) is 1. The summed E-state index contributed by atoms with van der Waals surface area (Å²) < 4.78 is 1.64. The number of carbonyl (C=O) groups excluding carboxylic acids is 1. The van der Waals surface area contributed by atoms with Crippen molar-refractivity contribution in [3.05, 3.63) is 60.7 Å². The van der Waals surface area contributed by atoms with Gasteiger partial charge in [-0.05, 0) is 18.2 Å². The zero-order valence-corrected chi connectivity index (χ0v) is 10.5. The standard InChI is InChI=1S/C14H11N5O/c15-14(20)11-4-1-3-10(7-11)12-8-13(17-9-16-12)19-6-2-5-18-19/h1-9H,(H2,15,20). The Kier molecular flexibility index (Phi) is 2.96. The molecule has 0 aliphatic heterocycles. The van der Waals surface area contributed by atoms with E-state index in [1.165, 1.54) is 6.33 Å². The molecule has 6 nitrogen and oxygen atoms in total. The summed E-state index contributed by atoms with van der Waals surface area (Å²) in [6.45, 7) is 0. The number of amides is 1. The van der Waals surface area contributed by atoms with Crippen LogP contribution in [0.1, 0.15) is 10.4 Å². The Balaban J connectivity index is 2.04. The maximum Gasteiger partial charge on any atom is 0.248 e. The molecular weight excluding hydrogens is 254 g/mol. The van der Waals surface area contributed by atoms with Crippen LogP contribution in [0.3, 0.4) is 0 Å². The van der Waals surface area contributed by atoms with Gasteiger partial charge in [-0.15, -0.1) is 0 Å². The SMILES string of the molecule is NC(=O)c1cccc(-c2cc(-n3cccn3)ncn2)c1. The number of aromatic nitrogens is 4. The van der Waals surface area contributed by atoms with Crippen LogP contribution < -0.4 is 5.73 Å². The largest absolute Gasteiger partial charge is 0.366 e. The van der Waals surface area contributed by atoms with Gasteiger partial charge in [0.2, 0.25) is 5.91 Å². The molecule has 0 bridgehead atoms. The molecule has 1 aromatic carbocycles. The van der Waals surface area contributed by atoms with E-state index in [4.69, 9.17) is 5.73 Å². The van der Waals surface area contributed by atoms with E-state index < -0.39 is 5.91 Å². The zero-order chi connectivity index (χ0) is 13.9. The molecule has 2 heterocycles. The first kappa shape index (κ1) is 12.0. The van der Waals surface area contributed by atoms with Crippen molar-refractivity contribution >= 4 is 5.91 Å². The molecule has 6 heteroatoms. The summed E-state index contributed by atoms with van der Waals surface area (Å²) in [7, 11) is 0. The van der Waals surface area contributed by atoms with E-state index in [0.717, 1.165) is 5.56 Å². The van der Waals surface area contributed by atoms with Gasteiger partial charge in [0.25, 0.3) is 0 Å². The predicted molar refractivity (Wildman–Crippen MR) is 73.1 cm³/mol. The lowest BCUT2D eigenvalue weighted by Gasteiger charge is -2.05. The number of hydrogen-bond acceptors (Lipinski definition) is 4. The van der Waals surface area contributed by atoms with Crippen molar-refractivity contribution < 1.29 is 4.79 Å². The first-order valence-corrected chi connectivity index (χ1v) is 5.96. The van der Waals surface area contributed by atoms with Gasteiger partial charge in [-0.1, -0.05) is 12.1 Å². The maximum absolute atomic E-state index is 11.2. The summed E-state index contributed by atoms with van der Waals surface area (Å²) in [5, 5.41) is 4.12. The van der Waals surface area contributed by atoms with Crippen molar-refractivity contribution in [3.63, 3.8) is 0 Å². The maximum atomic E-state index is 11.2. The molecule has 2 N–H and O–H groups in total. The second kappa shape index (κ2) is 4.93. The molecule has 0 unspecified atom stereocenters. The Labute approximate surface area is 114 Å². The van der Waals surface area contributed by atoms with Crippen molar-refractivity contribution in [1.29, 1.82) is 0 Å². The Bertz CT molecular complexity index is 752. The van der Waals surface area contributed by atoms with Crippen molar-refractivity contribution in [1.82, 2.24) is 19.7 Å². The van der Waals surface area contributed by atoms with Gasteiger partial charge < -0.3 is 5.73 Å². The second-order valence-corrected chi connectivity index (χ2v) is 4.16. The normalized spacial score (nSPS) is 10.4. The van der Waals surface area contributed by atoms with Gasteiger partial charge in [-0.2, -0.15) is 5.10 Å². The number of benzene rings is 1. The molecule has 20 heavy (non-hydrogen) atoms. The van der Waals surface area contributed by atoms with Crippen molar-refractivity contribution in [2.75, 3.05) is 0 Å². The van der Waals surface area contributed by atoms with Crippen LogP contribution in [0.5, 0.6) is 0 Å². The topological polar surface area (TPSA) is 86.7 Å². The third kappa shape index (κ3) is 2.26. The average molecular weight is 265 g/mol. The average Bonchev–Trinajstić information content (AvgIpc) is 3.02. The summed E-state index contributed by atoms with van der Waals surface area (Å²) in [5.41, 5.74) is 7.23. The second-order valence-electron chi connectivity index (χ2n) is 4.16. The summed E-state index contributed by atoms with van der Waals surface area (Å²) in [4.78, 5) is 19.6. The lowest BCUT2D eigenvalue weighted by molar-refractivity contribution is 0.100. The predicted octanol–water partition coefficient (Wildman–Crippen LogP) is 1.43. The minimum atomic E-state index is -0.465. The van der Waals surface area contributed by atoms with Gasteiger partial charge in [-0.25, -0.2) is 14.6 Å². The van der Waals surface area contributed by atoms with E-state index in [2.05, 4.69) is 15.1 Å². The van der Waals surface area contributed by atoms with Gasteiger partial charge in [0.1, 0.15) is 6.33 Å². The van der Waals surface area contributed by atoms with E-state index >= 15 is 0 Å². The summed E-state index contributed by atoms with van der Waals surface area (Å²) in [6.07, 6.45) is 4.94. The third-order valence-electron chi connectivity index (χ3n) is 2.83. The number of nitrogens with two attached hydrogens (primary N) is 1. The first-order chi connectivity index (χ1) is 9.74. The van der Waals surface area contributed by atoms with Crippen LogP contribution in [-0.2, 0) is 0 Å². The molecule has 0 radical (unpaired) electrons. The van der Waals surface area contributed by atoms with Gasteiger partial charge in [0, 0.05) is 29.6 Å². The molecular formula is C14H11N5O. The Hall–Kier alpha value is -3.02. The zero-order valence-electron chi connectivity index (χ0n) is 10.5. The smallest absolute Gasteiger partial charge is 0.248 e. The highest BCUT2D eigenvalue weighted by atomic mass is 16.1. The highest BCUT2D eigenvalue weighted by molar-refractivity contribution is 5.94. The quantitative estimate of drug-likeness (QED) is 0.776. The molecule has 3 aromatic rings. The number of primary amides is 1. The molecule has 0 spiro atoms. The molecule has 98 valence electrons. The fourth-order valence-corrected chi connectivity index (χ4v) is 1.87. The molecule has 3 rings (SSSR count). The number of carbonyl (C=O) groups is 1. The van der Waals surface area contributed by atoms with Crippen LogP contribution in [-0.4, -0.2) is 25.7 Å². The molecule has 2 aromatic heterocycles. The van der Waals surface area contributed by atoms with Crippen LogP contribution >= 0.6 is 0 Å². The fourth-order valence-electron chi connectivity index (χ4n) is 1.87. The minimum absolute atomic E-state index is 0.446. The Morgan fingerprint density at radius 2 is 2.05 bits per heavy atom. The summed E-state index contributed by atoms with van der Waals surface area (Å²) in [5.74, 6) is 0.192. The monoisotopic (exact) mass is 265 g/mol. The van der Waals surface area contributed by atoms with Crippen LogP contribution in [0.25, 0.3) is 17.1 Å². The summed E-state index contributed by atoms with van der Waals surface area (Å²) >= 11 is 0. The van der Waals surface area contributed by atoms with Crippen LogP contribution in [0, 0.1) is 0 Å². The molecule has 0 saturated carbocycles. The molecule has 1 amide bonds. The van der Waals surface area contributed by atoms with Crippen molar-refractivity contribution in [2.45, 2.75) is 0 Å². The van der Waals surface area contributed by atoms with Gasteiger partial charge >= 0.3 is 0 Å². The van der Waals surface area contributed by atoms with Crippen LogP contribution in [0.4, 0.5) is 0 Å². The molecule has 0 fully saturated rings. The van der Waals surface area contributed by atoms with E-state index in [0.29, 0.717) is 17.1 Å². The van der Waals surface area contributed by atoms with Gasteiger partial charge in [0.05, 0.1) is 5.69 Å². The van der Waals surface area contributed by atoms with E-state index in [9.17, 15) is 4.79 Å². The molecule has 0 saturated heterocycles.